The first kappa shape index (κ1) is 11.0. The van der Waals surface area contributed by atoms with Crippen LogP contribution in [0.1, 0.15) is 46.0 Å². The smallest absolute Gasteiger partial charge is 0.00669 e. The Kier molecular flexibility index (Phi) is 4.74. The largest absolute Gasteiger partial charge is 0.328 e. The van der Waals surface area contributed by atoms with Gasteiger partial charge in [0.2, 0.25) is 0 Å². The van der Waals surface area contributed by atoms with Crippen molar-refractivity contribution < 1.29 is 0 Å². The van der Waals surface area contributed by atoms with Crippen molar-refractivity contribution in [1.82, 2.24) is 4.90 Å². The lowest BCUT2D eigenvalue weighted by molar-refractivity contribution is 0.207. The first-order chi connectivity index (χ1) is 6.20. The predicted octanol–water partition coefficient (Wildman–Crippen LogP) is 1.99. The summed E-state index contributed by atoms with van der Waals surface area (Å²) < 4.78 is 0. The molecule has 0 saturated carbocycles. The van der Waals surface area contributed by atoms with E-state index >= 15 is 0 Å². The lowest BCUT2D eigenvalue weighted by Gasteiger charge is -2.27. The van der Waals surface area contributed by atoms with Gasteiger partial charge in [0.05, 0.1) is 0 Å². The minimum atomic E-state index is 0.357. The molecule has 1 aliphatic rings. The Hall–Kier alpha value is -0.0800. The van der Waals surface area contributed by atoms with E-state index in [2.05, 4.69) is 18.7 Å². The second-order valence-electron chi connectivity index (χ2n) is 4.50. The molecule has 2 nitrogen and oxygen atoms in total. The highest BCUT2D eigenvalue weighted by Crippen LogP contribution is 2.16. The normalized spacial score (nSPS) is 28.4. The second kappa shape index (κ2) is 5.61. The maximum atomic E-state index is 5.77. The molecule has 2 unspecified atom stereocenters. The zero-order chi connectivity index (χ0) is 9.68. The SMILES string of the molecule is CC(N)CCN1CCCCCC1C. The van der Waals surface area contributed by atoms with Gasteiger partial charge in [-0.2, -0.15) is 0 Å². The lowest BCUT2D eigenvalue weighted by Crippen LogP contribution is -2.35. The molecule has 2 atom stereocenters. The van der Waals surface area contributed by atoms with Crippen molar-refractivity contribution in [3.63, 3.8) is 0 Å². The number of rotatable bonds is 3. The molecule has 0 aromatic rings. The molecule has 1 fully saturated rings. The number of nitrogens with zero attached hydrogens (tertiary/aromatic N) is 1. The molecule has 0 bridgehead atoms. The summed E-state index contributed by atoms with van der Waals surface area (Å²) in [5.41, 5.74) is 5.77. The molecule has 0 radical (unpaired) electrons. The van der Waals surface area contributed by atoms with E-state index in [4.69, 9.17) is 5.73 Å². The summed E-state index contributed by atoms with van der Waals surface area (Å²) >= 11 is 0. The molecule has 0 aliphatic carbocycles. The third-order valence-corrected chi connectivity index (χ3v) is 3.06. The predicted molar refractivity (Wildman–Crippen MR) is 57.8 cm³/mol. The van der Waals surface area contributed by atoms with Crippen molar-refractivity contribution in [3.05, 3.63) is 0 Å². The van der Waals surface area contributed by atoms with Crippen LogP contribution in [0.2, 0.25) is 0 Å². The summed E-state index contributed by atoms with van der Waals surface area (Å²) in [4.78, 5) is 2.61. The van der Waals surface area contributed by atoms with Crippen LogP contribution in [0.15, 0.2) is 0 Å². The van der Waals surface area contributed by atoms with E-state index in [-0.39, 0.29) is 0 Å². The van der Waals surface area contributed by atoms with Crippen LogP contribution in [0.3, 0.4) is 0 Å². The van der Waals surface area contributed by atoms with Crippen LogP contribution in [0.5, 0.6) is 0 Å². The molecule has 1 rings (SSSR count). The zero-order valence-corrected chi connectivity index (χ0v) is 9.13. The van der Waals surface area contributed by atoms with Gasteiger partial charge in [0, 0.05) is 12.1 Å². The van der Waals surface area contributed by atoms with Crippen LogP contribution in [-0.4, -0.2) is 30.1 Å². The van der Waals surface area contributed by atoms with Crippen LogP contribution in [0, 0.1) is 0 Å². The van der Waals surface area contributed by atoms with Crippen LogP contribution in [0.4, 0.5) is 0 Å². The van der Waals surface area contributed by atoms with Crippen molar-refractivity contribution >= 4 is 0 Å². The standard InChI is InChI=1S/C11H24N2/c1-10(12)7-9-13-8-5-3-4-6-11(13)2/h10-11H,3-9,12H2,1-2H3. The summed E-state index contributed by atoms with van der Waals surface area (Å²) in [5, 5.41) is 0. The molecule has 0 spiro atoms. The Balaban J connectivity index is 2.27. The van der Waals surface area contributed by atoms with Gasteiger partial charge in [0.25, 0.3) is 0 Å². The third kappa shape index (κ3) is 4.10. The first-order valence-corrected chi connectivity index (χ1v) is 5.70. The number of nitrogens with two attached hydrogens (primary N) is 1. The molecule has 1 aliphatic heterocycles. The molecule has 0 amide bonds. The number of likely N-dealkylation sites (tertiary alicyclic amines) is 1. The lowest BCUT2D eigenvalue weighted by atomic mass is 10.1. The topological polar surface area (TPSA) is 29.3 Å². The van der Waals surface area contributed by atoms with E-state index in [1.54, 1.807) is 0 Å². The highest BCUT2D eigenvalue weighted by atomic mass is 15.1. The second-order valence-corrected chi connectivity index (χ2v) is 4.50. The van der Waals surface area contributed by atoms with Gasteiger partial charge in [-0.1, -0.05) is 12.8 Å². The highest BCUT2D eigenvalue weighted by Gasteiger charge is 2.16. The van der Waals surface area contributed by atoms with Gasteiger partial charge < -0.3 is 10.6 Å². The quantitative estimate of drug-likeness (QED) is 0.727. The maximum Gasteiger partial charge on any atom is 0.00669 e. The Morgan fingerprint density at radius 3 is 2.85 bits per heavy atom. The van der Waals surface area contributed by atoms with Gasteiger partial charge in [-0.15, -0.1) is 0 Å². The summed E-state index contributed by atoms with van der Waals surface area (Å²) in [5.74, 6) is 0. The van der Waals surface area contributed by atoms with E-state index in [0.29, 0.717) is 6.04 Å². The number of hydrogen-bond donors (Lipinski definition) is 1. The summed E-state index contributed by atoms with van der Waals surface area (Å²) in [6.07, 6.45) is 6.72. The van der Waals surface area contributed by atoms with E-state index in [0.717, 1.165) is 12.5 Å². The average Bonchev–Trinajstić information content (AvgIpc) is 2.27. The van der Waals surface area contributed by atoms with Crippen molar-refractivity contribution in [2.24, 2.45) is 5.73 Å². The molecule has 78 valence electrons. The molecule has 1 heterocycles. The summed E-state index contributed by atoms with van der Waals surface area (Å²) in [6.45, 7) is 6.93. The summed E-state index contributed by atoms with van der Waals surface area (Å²) in [6, 6.07) is 1.14. The van der Waals surface area contributed by atoms with Crippen LogP contribution >= 0.6 is 0 Å². The van der Waals surface area contributed by atoms with E-state index < -0.39 is 0 Å². The molecular weight excluding hydrogens is 160 g/mol. The summed E-state index contributed by atoms with van der Waals surface area (Å²) in [7, 11) is 0. The zero-order valence-electron chi connectivity index (χ0n) is 9.13. The minimum absolute atomic E-state index is 0.357. The highest BCUT2D eigenvalue weighted by molar-refractivity contribution is 4.72. The fourth-order valence-electron chi connectivity index (χ4n) is 2.04. The van der Waals surface area contributed by atoms with Gasteiger partial charge in [-0.05, 0) is 46.2 Å². The first-order valence-electron chi connectivity index (χ1n) is 5.70. The van der Waals surface area contributed by atoms with Gasteiger partial charge in [0.1, 0.15) is 0 Å². The van der Waals surface area contributed by atoms with Crippen molar-refractivity contribution in [2.75, 3.05) is 13.1 Å². The molecule has 1 saturated heterocycles. The minimum Gasteiger partial charge on any atom is -0.328 e. The van der Waals surface area contributed by atoms with Crippen LogP contribution < -0.4 is 5.73 Å². The monoisotopic (exact) mass is 184 g/mol. The van der Waals surface area contributed by atoms with Crippen molar-refractivity contribution in [3.8, 4) is 0 Å². The molecule has 2 heteroatoms. The Morgan fingerprint density at radius 2 is 2.15 bits per heavy atom. The van der Waals surface area contributed by atoms with Gasteiger partial charge >= 0.3 is 0 Å². The third-order valence-electron chi connectivity index (χ3n) is 3.06. The Bertz CT molecular complexity index is 134. The molecule has 2 N–H and O–H groups in total. The number of hydrogen-bond acceptors (Lipinski definition) is 2. The van der Waals surface area contributed by atoms with E-state index in [1.165, 1.54) is 38.8 Å². The van der Waals surface area contributed by atoms with E-state index in [1.807, 2.05) is 0 Å². The molecular formula is C11H24N2. The fourth-order valence-corrected chi connectivity index (χ4v) is 2.04. The van der Waals surface area contributed by atoms with Crippen molar-refractivity contribution in [1.29, 1.82) is 0 Å². The van der Waals surface area contributed by atoms with Gasteiger partial charge in [-0.3, -0.25) is 0 Å². The molecule has 0 aromatic carbocycles. The van der Waals surface area contributed by atoms with Crippen molar-refractivity contribution in [2.45, 2.75) is 58.0 Å². The van der Waals surface area contributed by atoms with Crippen LogP contribution in [0.25, 0.3) is 0 Å². The molecule has 0 aromatic heterocycles. The maximum absolute atomic E-state index is 5.77. The average molecular weight is 184 g/mol. The van der Waals surface area contributed by atoms with Gasteiger partial charge in [-0.25, -0.2) is 0 Å². The molecule has 13 heavy (non-hydrogen) atoms. The van der Waals surface area contributed by atoms with Crippen LogP contribution in [-0.2, 0) is 0 Å². The Labute approximate surface area is 82.5 Å². The van der Waals surface area contributed by atoms with Gasteiger partial charge in [0.15, 0.2) is 0 Å². The van der Waals surface area contributed by atoms with E-state index in [9.17, 15) is 0 Å². The fraction of sp³-hybridized carbons (Fsp3) is 1.00. The Morgan fingerprint density at radius 1 is 1.38 bits per heavy atom.